The van der Waals surface area contributed by atoms with E-state index in [0.29, 0.717) is 19.4 Å². The van der Waals surface area contributed by atoms with Crippen LogP contribution in [0.2, 0.25) is 0 Å². The van der Waals surface area contributed by atoms with Gasteiger partial charge in [0.2, 0.25) is 5.91 Å². The van der Waals surface area contributed by atoms with E-state index in [1.807, 2.05) is 0 Å². The molecule has 6 nitrogen and oxygen atoms in total. The molecule has 21 heavy (non-hydrogen) atoms. The summed E-state index contributed by atoms with van der Waals surface area (Å²) < 4.78 is 13.8. The van der Waals surface area contributed by atoms with Crippen LogP contribution in [0.3, 0.4) is 0 Å². The van der Waals surface area contributed by atoms with E-state index in [1.165, 1.54) is 11.0 Å². The monoisotopic (exact) mass is 294 g/mol. The van der Waals surface area contributed by atoms with Crippen molar-refractivity contribution in [3.8, 4) is 0 Å². The van der Waals surface area contributed by atoms with Gasteiger partial charge >= 0.3 is 5.97 Å². The van der Waals surface area contributed by atoms with Gasteiger partial charge in [-0.15, -0.1) is 0 Å². The molecule has 0 aromatic heterocycles. The molecule has 1 aliphatic rings. The number of carboxylic acids is 1. The van der Waals surface area contributed by atoms with Gasteiger partial charge in [0.25, 0.3) is 5.91 Å². The zero-order valence-electron chi connectivity index (χ0n) is 11.4. The van der Waals surface area contributed by atoms with Crippen LogP contribution < -0.4 is 5.32 Å². The lowest BCUT2D eigenvalue weighted by Gasteiger charge is -2.30. The summed E-state index contributed by atoms with van der Waals surface area (Å²) >= 11 is 0. The van der Waals surface area contributed by atoms with E-state index in [-0.39, 0.29) is 23.1 Å². The van der Waals surface area contributed by atoms with Crippen molar-refractivity contribution in [3.05, 3.63) is 35.1 Å². The Balaban J connectivity index is 2.07. The van der Waals surface area contributed by atoms with E-state index in [0.717, 1.165) is 12.1 Å². The number of carboxylic acid groups (broad SMARTS) is 1. The van der Waals surface area contributed by atoms with Gasteiger partial charge in [0.1, 0.15) is 5.82 Å². The van der Waals surface area contributed by atoms with E-state index in [1.54, 1.807) is 7.05 Å². The number of likely N-dealkylation sites (N-methyl/N-ethyl adjacent to an activating group) is 1. The van der Waals surface area contributed by atoms with Crippen LogP contribution in [0, 0.1) is 5.82 Å². The van der Waals surface area contributed by atoms with Crippen molar-refractivity contribution in [1.29, 1.82) is 0 Å². The first kappa shape index (κ1) is 15.0. The van der Waals surface area contributed by atoms with Crippen molar-refractivity contribution in [2.75, 3.05) is 13.6 Å². The molecule has 112 valence electrons. The number of hydrogen-bond acceptors (Lipinski definition) is 3. The van der Waals surface area contributed by atoms with Crippen molar-refractivity contribution >= 4 is 17.8 Å². The molecule has 1 fully saturated rings. The second-order valence-electron chi connectivity index (χ2n) is 4.98. The van der Waals surface area contributed by atoms with Crippen molar-refractivity contribution in [2.45, 2.75) is 18.9 Å². The predicted molar refractivity (Wildman–Crippen MR) is 71.5 cm³/mol. The molecule has 1 aromatic carbocycles. The molecule has 1 unspecified atom stereocenters. The molecular weight excluding hydrogens is 279 g/mol. The quantitative estimate of drug-likeness (QED) is 0.866. The summed E-state index contributed by atoms with van der Waals surface area (Å²) in [6.07, 6.45) is 0.839. The summed E-state index contributed by atoms with van der Waals surface area (Å²) in [7, 11) is 1.64. The topological polar surface area (TPSA) is 86.7 Å². The number of aromatic carboxylic acids is 1. The fraction of sp³-hybridized carbons (Fsp3) is 0.357. The highest BCUT2D eigenvalue weighted by atomic mass is 19.1. The molecule has 1 saturated heterocycles. The third-order valence-electron chi connectivity index (χ3n) is 3.42. The molecule has 0 aliphatic carbocycles. The SMILES string of the molecule is CN1CC(NC(=O)c2ccc(C(=O)O)cc2F)CCC1=O. The van der Waals surface area contributed by atoms with Gasteiger partial charge in [0.15, 0.2) is 0 Å². The molecule has 2 rings (SSSR count). The van der Waals surface area contributed by atoms with Crippen LogP contribution in [-0.2, 0) is 4.79 Å². The highest BCUT2D eigenvalue weighted by Crippen LogP contribution is 2.13. The molecule has 2 N–H and O–H groups in total. The van der Waals surface area contributed by atoms with Crippen LogP contribution in [-0.4, -0.2) is 47.4 Å². The van der Waals surface area contributed by atoms with Crippen LogP contribution in [0.5, 0.6) is 0 Å². The number of halogens is 1. The Morgan fingerprint density at radius 1 is 1.43 bits per heavy atom. The number of piperidine rings is 1. The maximum Gasteiger partial charge on any atom is 0.335 e. The minimum atomic E-state index is -1.26. The largest absolute Gasteiger partial charge is 0.478 e. The maximum atomic E-state index is 13.8. The summed E-state index contributed by atoms with van der Waals surface area (Å²) in [5.41, 5.74) is -0.424. The lowest BCUT2D eigenvalue weighted by Crippen LogP contribution is -2.48. The van der Waals surface area contributed by atoms with Gasteiger partial charge in [-0.05, 0) is 24.6 Å². The smallest absolute Gasteiger partial charge is 0.335 e. The first-order valence-corrected chi connectivity index (χ1v) is 6.46. The summed E-state index contributed by atoms with van der Waals surface area (Å²) in [4.78, 5) is 35.6. The van der Waals surface area contributed by atoms with Gasteiger partial charge in [-0.3, -0.25) is 9.59 Å². The van der Waals surface area contributed by atoms with Gasteiger partial charge < -0.3 is 15.3 Å². The molecule has 7 heteroatoms. The summed E-state index contributed by atoms with van der Waals surface area (Å²) in [6, 6.07) is 2.90. The third-order valence-corrected chi connectivity index (χ3v) is 3.42. The van der Waals surface area contributed by atoms with Crippen LogP contribution in [0.25, 0.3) is 0 Å². The van der Waals surface area contributed by atoms with Crippen molar-refractivity contribution in [1.82, 2.24) is 10.2 Å². The average molecular weight is 294 g/mol. The van der Waals surface area contributed by atoms with Crippen LogP contribution in [0.1, 0.15) is 33.6 Å². The number of hydrogen-bond donors (Lipinski definition) is 2. The molecule has 1 aliphatic heterocycles. The van der Waals surface area contributed by atoms with Gasteiger partial charge in [0, 0.05) is 26.1 Å². The van der Waals surface area contributed by atoms with E-state index < -0.39 is 17.7 Å². The van der Waals surface area contributed by atoms with Crippen LogP contribution in [0.4, 0.5) is 4.39 Å². The zero-order valence-corrected chi connectivity index (χ0v) is 11.4. The highest BCUT2D eigenvalue weighted by molar-refractivity contribution is 5.96. The van der Waals surface area contributed by atoms with E-state index in [2.05, 4.69) is 5.32 Å². The van der Waals surface area contributed by atoms with E-state index in [9.17, 15) is 18.8 Å². The lowest BCUT2D eigenvalue weighted by molar-refractivity contribution is -0.132. The predicted octanol–water partition coefficient (Wildman–Crippen LogP) is 0.875. The molecule has 2 amide bonds. The van der Waals surface area contributed by atoms with E-state index in [4.69, 9.17) is 5.11 Å². The lowest BCUT2D eigenvalue weighted by atomic mass is 10.0. The van der Waals surface area contributed by atoms with Gasteiger partial charge in [-0.1, -0.05) is 0 Å². The second-order valence-corrected chi connectivity index (χ2v) is 4.98. The van der Waals surface area contributed by atoms with Gasteiger partial charge in [-0.2, -0.15) is 0 Å². The Hall–Kier alpha value is -2.44. The summed E-state index contributed by atoms with van der Waals surface area (Å²) in [6.45, 7) is 0.374. The number of benzene rings is 1. The first-order chi connectivity index (χ1) is 9.88. The average Bonchev–Trinajstić information content (AvgIpc) is 2.42. The van der Waals surface area contributed by atoms with Crippen LogP contribution in [0.15, 0.2) is 18.2 Å². The molecule has 0 saturated carbocycles. The molecular formula is C14H15FN2O4. The summed E-state index contributed by atoms with van der Waals surface area (Å²) in [5.74, 6) is -2.74. The van der Waals surface area contributed by atoms with Crippen molar-refractivity contribution in [2.24, 2.45) is 0 Å². The minimum Gasteiger partial charge on any atom is -0.478 e. The second kappa shape index (κ2) is 5.90. The molecule has 0 radical (unpaired) electrons. The van der Waals surface area contributed by atoms with Crippen molar-refractivity contribution < 1.29 is 23.9 Å². The number of nitrogens with zero attached hydrogens (tertiary/aromatic N) is 1. The Morgan fingerprint density at radius 3 is 2.71 bits per heavy atom. The number of rotatable bonds is 3. The maximum absolute atomic E-state index is 13.8. The summed E-state index contributed by atoms with van der Waals surface area (Å²) in [5, 5.41) is 11.4. The number of nitrogens with one attached hydrogen (secondary N) is 1. The van der Waals surface area contributed by atoms with Crippen molar-refractivity contribution in [3.63, 3.8) is 0 Å². The van der Waals surface area contributed by atoms with Crippen LogP contribution >= 0.6 is 0 Å². The Labute approximate surface area is 120 Å². The fourth-order valence-corrected chi connectivity index (χ4v) is 2.23. The first-order valence-electron chi connectivity index (χ1n) is 6.46. The third kappa shape index (κ3) is 3.36. The normalized spacial score (nSPS) is 18.5. The number of amides is 2. The Kier molecular flexibility index (Phi) is 4.21. The Morgan fingerprint density at radius 2 is 2.14 bits per heavy atom. The molecule has 1 atom stereocenters. The van der Waals surface area contributed by atoms with Gasteiger partial charge in [0.05, 0.1) is 11.1 Å². The number of carbonyl (C=O) groups excluding carboxylic acids is 2. The zero-order chi connectivity index (χ0) is 15.6. The molecule has 1 aromatic rings. The number of carbonyl (C=O) groups is 3. The Bertz CT molecular complexity index is 603. The molecule has 1 heterocycles. The number of likely N-dealkylation sites (tertiary alicyclic amines) is 1. The standard InChI is InChI=1S/C14H15FN2O4/c1-17-7-9(3-5-12(17)18)16-13(19)10-4-2-8(14(20)21)6-11(10)15/h2,4,6,9H,3,5,7H2,1H3,(H,16,19)(H,20,21). The molecule has 0 spiro atoms. The van der Waals surface area contributed by atoms with E-state index >= 15 is 0 Å². The fourth-order valence-electron chi connectivity index (χ4n) is 2.23. The molecule has 0 bridgehead atoms. The highest BCUT2D eigenvalue weighted by Gasteiger charge is 2.25. The van der Waals surface area contributed by atoms with Gasteiger partial charge in [-0.25, -0.2) is 9.18 Å². The minimum absolute atomic E-state index is 0.0116.